The standard InChI is InChI=1S/C16H15ClN4O/c1-12(22-15-7-9-18-20-16(15)17)14-5-3-13(4-6-14)11-21-10-2-8-19-21/h2-10,12H,11H2,1H3. The Bertz CT molecular complexity index is 728. The third-order valence-electron chi connectivity index (χ3n) is 3.30. The number of hydrogen-bond donors (Lipinski definition) is 0. The lowest BCUT2D eigenvalue weighted by Gasteiger charge is -2.15. The second-order valence-electron chi connectivity index (χ2n) is 4.89. The zero-order chi connectivity index (χ0) is 15.4. The fraction of sp³-hybridized carbons (Fsp3) is 0.188. The minimum Gasteiger partial charge on any atom is -0.483 e. The lowest BCUT2D eigenvalue weighted by molar-refractivity contribution is 0.225. The SMILES string of the molecule is CC(Oc1ccnnc1Cl)c1ccc(Cn2cccn2)cc1. The van der Waals surface area contributed by atoms with Crippen LogP contribution in [0, 0.1) is 0 Å². The number of benzene rings is 1. The van der Waals surface area contributed by atoms with Crippen LogP contribution in [-0.4, -0.2) is 20.0 Å². The third kappa shape index (κ3) is 3.43. The first kappa shape index (κ1) is 14.5. The van der Waals surface area contributed by atoms with E-state index in [0.29, 0.717) is 5.75 Å². The van der Waals surface area contributed by atoms with Gasteiger partial charge < -0.3 is 4.74 Å². The molecule has 0 aliphatic heterocycles. The Morgan fingerprint density at radius 3 is 2.68 bits per heavy atom. The first-order valence-corrected chi connectivity index (χ1v) is 7.30. The molecule has 22 heavy (non-hydrogen) atoms. The Labute approximate surface area is 133 Å². The van der Waals surface area contributed by atoms with Gasteiger partial charge in [-0.25, -0.2) is 0 Å². The van der Waals surface area contributed by atoms with E-state index >= 15 is 0 Å². The van der Waals surface area contributed by atoms with Gasteiger partial charge in [0.05, 0.1) is 12.7 Å². The minimum absolute atomic E-state index is 0.125. The highest BCUT2D eigenvalue weighted by atomic mass is 35.5. The summed E-state index contributed by atoms with van der Waals surface area (Å²) in [5, 5.41) is 11.9. The molecule has 0 saturated heterocycles. The largest absolute Gasteiger partial charge is 0.483 e. The van der Waals surface area contributed by atoms with Crippen molar-refractivity contribution in [2.24, 2.45) is 0 Å². The highest BCUT2D eigenvalue weighted by Crippen LogP contribution is 2.26. The zero-order valence-electron chi connectivity index (χ0n) is 12.1. The zero-order valence-corrected chi connectivity index (χ0v) is 12.8. The van der Waals surface area contributed by atoms with Crippen LogP contribution >= 0.6 is 11.6 Å². The molecular weight excluding hydrogens is 300 g/mol. The molecule has 0 aliphatic rings. The van der Waals surface area contributed by atoms with Gasteiger partial charge in [-0.05, 0) is 24.1 Å². The van der Waals surface area contributed by atoms with Crippen LogP contribution < -0.4 is 4.74 Å². The van der Waals surface area contributed by atoms with Gasteiger partial charge in [-0.2, -0.15) is 10.2 Å². The van der Waals surface area contributed by atoms with E-state index in [9.17, 15) is 0 Å². The Kier molecular flexibility index (Phi) is 4.34. The van der Waals surface area contributed by atoms with Gasteiger partial charge in [0.1, 0.15) is 6.10 Å². The highest BCUT2D eigenvalue weighted by molar-refractivity contribution is 6.30. The summed E-state index contributed by atoms with van der Waals surface area (Å²) in [7, 11) is 0. The minimum atomic E-state index is -0.125. The predicted molar refractivity (Wildman–Crippen MR) is 83.9 cm³/mol. The Morgan fingerprint density at radius 2 is 2.00 bits per heavy atom. The van der Waals surface area contributed by atoms with Crippen molar-refractivity contribution in [3.63, 3.8) is 0 Å². The van der Waals surface area contributed by atoms with Crippen LogP contribution in [0.4, 0.5) is 0 Å². The van der Waals surface area contributed by atoms with Crippen LogP contribution in [0.1, 0.15) is 24.2 Å². The molecular formula is C16H15ClN4O. The smallest absolute Gasteiger partial charge is 0.193 e. The van der Waals surface area contributed by atoms with Gasteiger partial charge in [0.15, 0.2) is 10.9 Å². The summed E-state index contributed by atoms with van der Waals surface area (Å²) in [5.74, 6) is 0.532. The van der Waals surface area contributed by atoms with E-state index in [1.165, 1.54) is 5.56 Å². The Hall–Kier alpha value is -2.40. The Balaban J connectivity index is 1.68. The van der Waals surface area contributed by atoms with Crippen LogP contribution in [0.3, 0.4) is 0 Å². The summed E-state index contributed by atoms with van der Waals surface area (Å²) in [6.07, 6.45) is 5.15. The molecule has 0 spiro atoms. The highest BCUT2D eigenvalue weighted by Gasteiger charge is 2.10. The number of hydrogen-bond acceptors (Lipinski definition) is 4. The van der Waals surface area contributed by atoms with Crippen molar-refractivity contribution in [2.45, 2.75) is 19.6 Å². The maximum absolute atomic E-state index is 5.95. The summed E-state index contributed by atoms with van der Waals surface area (Å²) in [4.78, 5) is 0. The first-order valence-electron chi connectivity index (χ1n) is 6.92. The molecule has 0 saturated carbocycles. The van der Waals surface area contributed by atoms with Crippen LogP contribution in [0.2, 0.25) is 5.15 Å². The van der Waals surface area contributed by atoms with E-state index in [1.54, 1.807) is 18.5 Å². The van der Waals surface area contributed by atoms with Crippen LogP contribution in [0.5, 0.6) is 5.75 Å². The second kappa shape index (κ2) is 6.58. The van der Waals surface area contributed by atoms with Crippen LogP contribution in [0.25, 0.3) is 0 Å². The lowest BCUT2D eigenvalue weighted by atomic mass is 10.1. The van der Waals surface area contributed by atoms with E-state index in [1.807, 2.05) is 36.0 Å². The van der Waals surface area contributed by atoms with E-state index in [0.717, 1.165) is 12.1 Å². The summed E-state index contributed by atoms with van der Waals surface area (Å²) in [6, 6.07) is 11.9. The molecule has 2 heterocycles. The fourth-order valence-electron chi connectivity index (χ4n) is 2.12. The van der Waals surface area contributed by atoms with Gasteiger partial charge in [0, 0.05) is 18.5 Å². The van der Waals surface area contributed by atoms with Gasteiger partial charge in [-0.3, -0.25) is 4.68 Å². The topological polar surface area (TPSA) is 52.8 Å². The van der Waals surface area contributed by atoms with Gasteiger partial charge in [0.25, 0.3) is 0 Å². The van der Waals surface area contributed by atoms with Crippen molar-refractivity contribution in [2.75, 3.05) is 0 Å². The average molecular weight is 315 g/mol. The van der Waals surface area contributed by atoms with Crippen molar-refractivity contribution < 1.29 is 4.74 Å². The van der Waals surface area contributed by atoms with Gasteiger partial charge in [-0.15, -0.1) is 5.10 Å². The lowest BCUT2D eigenvalue weighted by Crippen LogP contribution is -2.05. The number of aromatic nitrogens is 4. The van der Waals surface area contributed by atoms with Crippen molar-refractivity contribution in [1.82, 2.24) is 20.0 Å². The average Bonchev–Trinajstić information content (AvgIpc) is 3.03. The summed E-state index contributed by atoms with van der Waals surface area (Å²) in [5.41, 5.74) is 2.25. The maximum Gasteiger partial charge on any atom is 0.193 e. The molecule has 3 aromatic rings. The van der Waals surface area contributed by atoms with Crippen molar-refractivity contribution >= 4 is 11.6 Å². The molecule has 0 N–H and O–H groups in total. The molecule has 6 heteroatoms. The third-order valence-corrected chi connectivity index (χ3v) is 3.56. The van der Waals surface area contributed by atoms with E-state index < -0.39 is 0 Å². The molecule has 0 bridgehead atoms. The van der Waals surface area contributed by atoms with Crippen LogP contribution in [-0.2, 0) is 6.54 Å². The van der Waals surface area contributed by atoms with Crippen molar-refractivity contribution in [1.29, 1.82) is 0 Å². The number of nitrogens with zero attached hydrogens (tertiary/aromatic N) is 4. The quantitative estimate of drug-likeness (QED) is 0.723. The fourth-order valence-corrected chi connectivity index (χ4v) is 2.28. The van der Waals surface area contributed by atoms with Gasteiger partial charge in [-0.1, -0.05) is 35.9 Å². The molecule has 112 valence electrons. The summed E-state index contributed by atoms with van der Waals surface area (Å²) in [6.45, 7) is 2.72. The molecule has 0 amide bonds. The monoisotopic (exact) mass is 314 g/mol. The normalized spacial score (nSPS) is 12.1. The molecule has 1 atom stereocenters. The first-order chi connectivity index (χ1) is 10.7. The van der Waals surface area contributed by atoms with Crippen molar-refractivity contribution in [3.8, 4) is 5.75 Å². The van der Waals surface area contributed by atoms with Crippen LogP contribution in [0.15, 0.2) is 55.0 Å². The molecule has 0 fully saturated rings. The number of ether oxygens (including phenoxy) is 1. The van der Waals surface area contributed by atoms with Crippen molar-refractivity contribution in [3.05, 3.63) is 71.3 Å². The maximum atomic E-state index is 5.95. The summed E-state index contributed by atoms with van der Waals surface area (Å²) < 4.78 is 7.71. The van der Waals surface area contributed by atoms with E-state index in [4.69, 9.17) is 16.3 Å². The van der Waals surface area contributed by atoms with Gasteiger partial charge in [0.2, 0.25) is 0 Å². The number of rotatable bonds is 5. The molecule has 3 rings (SSSR count). The Morgan fingerprint density at radius 1 is 1.18 bits per heavy atom. The molecule has 1 aromatic carbocycles. The summed E-state index contributed by atoms with van der Waals surface area (Å²) >= 11 is 5.95. The molecule has 0 radical (unpaired) electrons. The second-order valence-corrected chi connectivity index (χ2v) is 5.25. The number of halogens is 1. The molecule has 2 aromatic heterocycles. The predicted octanol–water partition coefficient (Wildman–Crippen LogP) is 3.51. The molecule has 5 nitrogen and oxygen atoms in total. The molecule has 0 aliphatic carbocycles. The van der Waals surface area contributed by atoms with E-state index in [2.05, 4.69) is 27.4 Å². The van der Waals surface area contributed by atoms with Gasteiger partial charge >= 0.3 is 0 Å². The van der Waals surface area contributed by atoms with E-state index in [-0.39, 0.29) is 11.3 Å². The molecule has 1 unspecified atom stereocenters.